The summed E-state index contributed by atoms with van der Waals surface area (Å²) in [6.07, 6.45) is 0.759. The van der Waals surface area contributed by atoms with E-state index in [0.29, 0.717) is 28.7 Å². The third kappa shape index (κ3) is 4.14. The van der Waals surface area contributed by atoms with E-state index in [1.807, 2.05) is 61.5 Å². The van der Waals surface area contributed by atoms with Crippen molar-refractivity contribution in [3.05, 3.63) is 103 Å². The molecule has 0 saturated heterocycles. The molecule has 1 aliphatic heterocycles. The largest absolute Gasteiger partial charge is 0.326 e. The second kappa shape index (κ2) is 8.65. The number of carbonyl (C=O) groups is 1. The zero-order valence-corrected chi connectivity index (χ0v) is 19.5. The van der Waals surface area contributed by atoms with E-state index < -0.39 is 6.04 Å². The van der Waals surface area contributed by atoms with Crippen LogP contribution in [0.25, 0.3) is 11.0 Å². The highest BCUT2D eigenvalue weighted by Gasteiger charge is 2.27. The first kappa shape index (κ1) is 21.7. The number of imidazole rings is 1. The van der Waals surface area contributed by atoms with Crippen LogP contribution in [0.4, 0.5) is 0 Å². The number of Topliss-reactive ketones (excluding diaryl/α,β-unsaturated/α-hetero) is 1. The third-order valence-corrected chi connectivity index (χ3v) is 6.54. The molecular formula is C26H21Cl2N3O2. The van der Waals surface area contributed by atoms with Crippen molar-refractivity contribution >= 4 is 45.7 Å². The number of aryl methyl sites for hydroxylation is 1. The Morgan fingerprint density at radius 3 is 2.52 bits per heavy atom. The van der Waals surface area contributed by atoms with Gasteiger partial charge in [-0.25, -0.2) is 4.79 Å². The summed E-state index contributed by atoms with van der Waals surface area (Å²) in [6, 6.07) is 18.3. The van der Waals surface area contributed by atoms with E-state index in [1.54, 1.807) is 10.6 Å². The maximum absolute atomic E-state index is 13.2. The van der Waals surface area contributed by atoms with Crippen molar-refractivity contribution < 1.29 is 4.79 Å². The molecule has 0 aliphatic carbocycles. The van der Waals surface area contributed by atoms with Crippen LogP contribution in [0.2, 0.25) is 10.0 Å². The van der Waals surface area contributed by atoms with Crippen molar-refractivity contribution in [1.82, 2.24) is 9.55 Å². The molecule has 0 radical (unpaired) electrons. The number of fused-ring (bicyclic) bond motifs is 2. The second-order valence-electron chi connectivity index (χ2n) is 8.17. The van der Waals surface area contributed by atoms with Crippen LogP contribution in [-0.2, 0) is 24.2 Å². The number of H-pyrrole nitrogens is 1. The van der Waals surface area contributed by atoms with Crippen molar-refractivity contribution in [3.63, 3.8) is 0 Å². The predicted octanol–water partition coefficient (Wildman–Crippen LogP) is 5.23. The Balaban J connectivity index is 1.66. The molecule has 0 spiro atoms. The molecule has 0 amide bonds. The van der Waals surface area contributed by atoms with Crippen LogP contribution in [0.1, 0.15) is 29.2 Å². The summed E-state index contributed by atoms with van der Waals surface area (Å²) in [6.45, 7) is 2.51. The third-order valence-electron chi connectivity index (χ3n) is 6.05. The van der Waals surface area contributed by atoms with Crippen molar-refractivity contribution in [2.45, 2.75) is 32.4 Å². The molecule has 4 aromatic rings. The van der Waals surface area contributed by atoms with Crippen LogP contribution in [0.5, 0.6) is 0 Å². The first-order chi connectivity index (χ1) is 15.9. The second-order valence-corrected chi connectivity index (χ2v) is 9.05. The van der Waals surface area contributed by atoms with Gasteiger partial charge in [-0.2, -0.15) is 0 Å². The highest BCUT2D eigenvalue weighted by atomic mass is 35.5. The molecule has 166 valence electrons. The number of aromatic amines is 1. The Morgan fingerprint density at radius 1 is 1.00 bits per heavy atom. The van der Waals surface area contributed by atoms with Crippen LogP contribution in [-0.4, -0.2) is 27.1 Å². The Morgan fingerprint density at radius 2 is 1.76 bits per heavy atom. The lowest BCUT2D eigenvalue weighted by molar-refractivity contribution is -0.119. The molecule has 1 aliphatic rings. The van der Waals surface area contributed by atoms with Gasteiger partial charge in [0, 0.05) is 40.6 Å². The molecule has 7 heteroatoms. The van der Waals surface area contributed by atoms with E-state index in [2.05, 4.69) is 4.98 Å². The van der Waals surface area contributed by atoms with Crippen LogP contribution >= 0.6 is 23.2 Å². The van der Waals surface area contributed by atoms with Gasteiger partial charge in [-0.15, -0.1) is 0 Å². The Hall–Kier alpha value is -3.15. The normalized spacial score (nSPS) is 15.9. The van der Waals surface area contributed by atoms with Gasteiger partial charge in [-0.1, -0.05) is 47.5 Å². The van der Waals surface area contributed by atoms with Crippen LogP contribution in [0.15, 0.2) is 70.5 Å². The van der Waals surface area contributed by atoms with Gasteiger partial charge >= 0.3 is 5.69 Å². The fourth-order valence-corrected chi connectivity index (χ4v) is 4.68. The van der Waals surface area contributed by atoms with Gasteiger partial charge < -0.3 is 4.98 Å². The number of hydrogen-bond acceptors (Lipinski definition) is 3. The number of aliphatic imine (C=N–C) groups is 1. The minimum atomic E-state index is -0.540. The van der Waals surface area contributed by atoms with Crippen molar-refractivity contribution in [3.8, 4) is 0 Å². The van der Waals surface area contributed by atoms with Gasteiger partial charge in [0.05, 0.1) is 16.7 Å². The van der Waals surface area contributed by atoms with E-state index in [-0.39, 0.29) is 17.9 Å². The number of ketones is 1. The molecular weight excluding hydrogens is 457 g/mol. The maximum atomic E-state index is 13.2. The number of carbonyl (C=O) groups excluding carboxylic acids is 1. The van der Waals surface area contributed by atoms with Gasteiger partial charge in [0.2, 0.25) is 0 Å². The Kier molecular flexibility index (Phi) is 5.69. The highest BCUT2D eigenvalue weighted by Crippen LogP contribution is 2.27. The summed E-state index contributed by atoms with van der Waals surface area (Å²) in [5, 5.41) is 1.23. The van der Waals surface area contributed by atoms with E-state index in [0.717, 1.165) is 33.3 Å². The zero-order valence-electron chi connectivity index (χ0n) is 17.9. The molecule has 33 heavy (non-hydrogen) atoms. The van der Waals surface area contributed by atoms with E-state index in [1.165, 1.54) is 0 Å². The monoisotopic (exact) mass is 477 g/mol. The van der Waals surface area contributed by atoms with E-state index in [9.17, 15) is 9.59 Å². The molecule has 2 heterocycles. The lowest BCUT2D eigenvalue weighted by Crippen LogP contribution is -2.23. The van der Waals surface area contributed by atoms with Gasteiger partial charge in [0.25, 0.3) is 0 Å². The SMILES string of the molecule is CCn1c(=O)[nH]c2cc(C3=N[C@@H](Cc4ccc(Cl)cc4)C(=O)Cc4ccc(Cl)cc43)ccc21. The number of nitrogens with zero attached hydrogens (tertiary/aromatic N) is 2. The average molecular weight is 478 g/mol. The number of benzene rings is 3. The number of aromatic nitrogens is 2. The molecule has 3 aromatic carbocycles. The summed E-state index contributed by atoms with van der Waals surface area (Å²) in [5.74, 6) is 0.0511. The topological polar surface area (TPSA) is 67.2 Å². The van der Waals surface area contributed by atoms with E-state index >= 15 is 0 Å². The quantitative estimate of drug-likeness (QED) is 0.437. The van der Waals surface area contributed by atoms with Gasteiger partial charge in [0.1, 0.15) is 6.04 Å². The van der Waals surface area contributed by atoms with Gasteiger partial charge in [0.15, 0.2) is 5.78 Å². The first-order valence-electron chi connectivity index (χ1n) is 10.8. The van der Waals surface area contributed by atoms with Crippen molar-refractivity contribution in [1.29, 1.82) is 0 Å². The van der Waals surface area contributed by atoms with Crippen LogP contribution < -0.4 is 5.69 Å². The fraction of sp³-hybridized carbons (Fsp3) is 0.192. The van der Waals surface area contributed by atoms with Crippen molar-refractivity contribution in [2.75, 3.05) is 0 Å². The lowest BCUT2D eigenvalue weighted by Gasteiger charge is -2.12. The first-order valence-corrected chi connectivity index (χ1v) is 11.5. The summed E-state index contributed by atoms with van der Waals surface area (Å²) in [7, 11) is 0. The smallest absolute Gasteiger partial charge is 0.306 e. The highest BCUT2D eigenvalue weighted by molar-refractivity contribution is 6.31. The number of nitrogens with one attached hydrogen (secondary N) is 1. The number of halogens is 2. The van der Waals surface area contributed by atoms with Crippen LogP contribution in [0.3, 0.4) is 0 Å². The van der Waals surface area contributed by atoms with Crippen molar-refractivity contribution in [2.24, 2.45) is 4.99 Å². The molecule has 0 unspecified atom stereocenters. The summed E-state index contributed by atoms with van der Waals surface area (Å²) >= 11 is 12.4. The Bertz CT molecular complexity index is 1470. The van der Waals surface area contributed by atoms with Crippen LogP contribution in [0, 0.1) is 0 Å². The summed E-state index contributed by atoms with van der Waals surface area (Å²) < 4.78 is 1.69. The summed E-state index contributed by atoms with van der Waals surface area (Å²) in [4.78, 5) is 33.4. The molecule has 0 saturated carbocycles. The van der Waals surface area contributed by atoms with Gasteiger partial charge in [-0.05, 0) is 54.4 Å². The molecule has 1 atom stereocenters. The zero-order chi connectivity index (χ0) is 23.1. The van der Waals surface area contributed by atoms with Gasteiger partial charge in [-0.3, -0.25) is 14.4 Å². The standard InChI is InChI=1S/C26H21Cl2N3O2/c1-2-31-23-10-6-17(12-21(23)30-26(31)33)25-20-14-19(28)9-5-16(20)13-24(32)22(29-25)11-15-3-7-18(27)8-4-15/h3-10,12,14,22H,2,11,13H2,1H3,(H,30,33)/t22-/m0/s1. The minimum Gasteiger partial charge on any atom is -0.306 e. The fourth-order valence-electron chi connectivity index (χ4n) is 4.38. The predicted molar refractivity (Wildman–Crippen MR) is 133 cm³/mol. The number of rotatable bonds is 4. The molecule has 1 aromatic heterocycles. The molecule has 5 rings (SSSR count). The lowest BCUT2D eigenvalue weighted by atomic mass is 9.95. The minimum absolute atomic E-state index is 0.0511. The number of hydrogen-bond donors (Lipinski definition) is 1. The molecule has 0 bridgehead atoms. The van der Waals surface area contributed by atoms with E-state index in [4.69, 9.17) is 28.2 Å². The molecule has 1 N–H and O–H groups in total. The summed E-state index contributed by atoms with van der Waals surface area (Å²) in [5.41, 5.74) is 5.66. The average Bonchev–Trinajstić information content (AvgIpc) is 3.05. The molecule has 5 nitrogen and oxygen atoms in total. The Labute approximate surface area is 200 Å². The maximum Gasteiger partial charge on any atom is 0.326 e. The molecule has 0 fully saturated rings.